The molecular formula is C20H22N6. The summed E-state index contributed by atoms with van der Waals surface area (Å²) in [5.74, 6) is 1.33. The minimum absolute atomic E-state index is 0.387. The Morgan fingerprint density at radius 3 is 2.81 bits per heavy atom. The normalized spacial score (nSPS) is 17.3. The molecule has 0 aromatic carbocycles. The third-order valence-electron chi connectivity index (χ3n) is 4.65. The number of aromatic nitrogens is 4. The van der Waals surface area contributed by atoms with Gasteiger partial charge in [0.15, 0.2) is 0 Å². The van der Waals surface area contributed by atoms with Crippen LogP contribution in [0.15, 0.2) is 55.0 Å². The Hall–Kier alpha value is -2.86. The zero-order valence-electron chi connectivity index (χ0n) is 14.8. The molecule has 132 valence electrons. The molecule has 0 radical (unpaired) electrons. The number of pyridine rings is 2. The van der Waals surface area contributed by atoms with Crippen molar-refractivity contribution in [3.8, 4) is 0 Å². The zero-order chi connectivity index (χ0) is 17.8. The summed E-state index contributed by atoms with van der Waals surface area (Å²) < 4.78 is 0. The van der Waals surface area contributed by atoms with E-state index < -0.39 is 0 Å². The Bertz CT molecular complexity index is 867. The Labute approximate surface area is 153 Å². The molecule has 1 N–H and O–H groups in total. The number of anilines is 2. The van der Waals surface area contributed by atoms with Crippen molar-refractivity contribution in [3.63, 3.8) is 0 Å². The van der Waals surface area contributed by atoms with E-state index >= 15 is 0 Å². The fourth-order valence-electron chi connectivity index (χ4n) is 3.49. The highest BCUT2D eigenvalue weighted by Gasteiger charge is 2.26. The van der Waals surface area contributed by atoms with Crippen molar-refractivity contribution < 1.29 is 0 Å². The summed E-state index contributed by atoms with van der Waals surface area (Å²) in [5, 5.41) is 3.18. The minimum Gasteiger partial charge on any atom is -0.309 e. The molecule has 4 rings (SSSR count). The molecule has 4 heterocycles. The number of nitrogens with zero attached hydrogens (tertiary/aromatic N) is 5. The number of rotatable bonds is 5. The molecule has 1 fully saturated rings. The zero-order valence-corrected chi connectivity index (χ0v) is 14.8. The lowest BCUT2D eigenvalue weighted by Gasteiger charge is -2.24. The second-order valence-electron chi connectivity index (χ2n) is 6.57. The van der Waals surface area contributed by atoms with Gasteiger partial charge in [0.05, 0.1) is 5.69 Å². The van der Waals surface area contributed by atoms with E-state index in [1.54, 1.807) is 18.5 Å². The quantitative estimate of drug-likeness (QED) is 0.760. The maximum absolute atomic E-state index is 4.66. The number of aryl methyl sites for hydroxylation is 1. The lowest BCUT2D eigenvalue weighted by atomic mass is 10.1. The van der Waals surface area contributed by atoms with Crippen molar-refractivity contribution in [1.29, 1.82) is 0 Å². The number of likely N-dealkylation sites (tertiary alicyclic amines) is 1. The number of hydrogen-bond donors (Lipinski definition) is 1. The highest BCUT2D eigenvalue weighted by atomic mass is 15.2. The molecule has 1 saturated heterocycles. The first-order valence-electron chi connectivity index (χ1n) is 8.94. The first kappa shape index (κ1) is 16.6. The topological polar surface area (TPSA) is 66.8 Å². The maximum Gasteiger partial charge on any atom is 0.228 e. The minimum atomic E-state index is 0.387. The van der Waals surface area contributed by atoms with E-state index in [1.165, 1.54) is 12.0 Å². The molecule has 0 bridgehead atoms. The lowest BCUT2D eigenvalue weighted by Crippen LogP contribution is -2.23. The molecule has 0 spiro atoms. The summed E-state index contributed by atoms with van der Waals surface area (Å²) >= 11 is 0. The van der Waals surface area contributed by atoms with Crippen LogP contribution in [0.2, 0.25) is 0 Å². The van der Waals surface area contributed by atoms with Crippen LogP contribution < -0.4 is 5.32 Å². The van der Waals surface area contributed by atoms with Crippen LogP contribution in [0.4, 0.5) is 11.8 Å². The third kappa shape index (κ3) is 3.86. The van der Waals surface area contributed by atoms with Crippen LogP contribution in [0.3, 0.4) is 0 Å². The van der Waals surface area contributed by atoms with Gasteiger partial charge in [-0.3, -0.25) is 9.88 Å². The van der Waals surface area contributed by atoms with Crippen LogP contribution in [-0.2, 0) is 6.54 Å². The van der Waals surface area contributed by atoms with E-state index in [0.29, 0.717) is 12.0 Å². The van der Waals surface area contributed by atoms with Gasteiger partial charge in [-0.25, -0.2) is 15.0 Å². The summed E-state index contributed by atoms with van der Waals surface area (Å²) in [7, 11) is 0. The van der Waals surface area contributed by atoms with Crippen LogP contribution in [0.5, 0.6) is 0 Å². The lowest BCUT2D eigenvalue weighted by molar-refractivity contribution is 0.245. The van der Waals surface area contributed by atoms with E-state index in [0.717, 1.165) is 36.7 Å². The molecule has 1 atom stereocenters. The van der Waals surface area contributed by atoms with Gasteiger partial charge < -0.3 is 5.32 Å². The molecule has 6 heteroatoms. The highest BCUT2D eigenvalue weighted by molar-refractivity contribution is 5.48. The van der Waals surface area contributed by atoms with Crippen LogP contribution in [0.25, 0.3) is 0 Å². The van der Waals surface area contributed by atoms with Crippen LogP contribution in [0, 0.1) is 6.92 Å². The van der Waals surface area contributed by atoms with Crippen molar-refractivity contribution in [2.75, 3.05) is 11.9 Å². The first-order chi connectivity index (χ1) is 12.8. The molecule has 0 aliphatic carbocycles. The molecule has 0 unspecified atom stereocenters. The largest absolute Gasteiger partial charge is 0.309 e. The van der Waals surface area contributed by atoms with Gasteiger partial charge in [-0.1, -0.05) is 6.07 Å². The Balaban J connectivity index is 1.51. The van der Waals surface area contributed by atoms with Crippen molar-refractivity contribution in [2.45, 2.75) is 32.4 Å². The fourth-order valence-corrected chi connectivity index (χ4v) is 3.49. The first-order valence-corrected chi connectivity index (χ1v) is 8.94. The van der Waals surface area contributed by atoms with Crippen molar-refractivity contribution >= 4 is 11.8 Å². The maximum atomic E-state index is 4.66. The van der Waals surface area contributed by atoms with Gasteiger partial charge in [0.25, 0.3) is 0 Å². The highest BCUT2D eigenvalue weighted by Crippen LogP contribution is 2.33. The molecule has 0 saturated carbocycles. The molecule has 1 aliphatic heterocycles. The molecule has 6 nitrogen and oxygen atoms in total. The predicted octanol–water partition coefficient (Wildman–Crippen LogP) is 3.66. The average Bonchev–Trinajstić information content (AvgIpc) is 3.11. The Morgan fingerprint density at radius 1 is 1.08 bits per heavy atom. The molecule has 3 aromatic heterocycles. The monoisotopic (exact) mass is 346 g/mol. The van der Waals surface area contributed by atoms with Gasteiger partial charge in [-0.15, -0.1) is 0 Å². The SMILES string of the molecule is Cc1cccc(CN2CCC[C@@H]2c2ccnc(Nc3ncccn3)c2)n1. The second-order valence-corrected chi connectivity index (χ2v) is 6.57. The molecule has 3 aromatic rings. The summed E-state index contributed by atoms with van der Waals surface area (Å²) in [6.45, 7) is 4.00. The van der Waals surface area contributed by atoms with Crippen molar-refractivity contribution in [2.24, 2.45) is 0 Å². The van der Waals surface area contributed by atoms with Crippen LogP contribution >= 0.6 is 0 Å². The van der Waals surface area contributed by atoms with Crippen LogP contribution in [0.1, 0.15) is 35.8 Å². The fraction of sp³-hybridized carbons (Fsp3) is 0.300. The van der Waals surface area contributed by atoms with Gasteiger partial charge in [-0.05, 0) is 62.2 Å². The predicted molar refractivity (Wildman–Crippen MR) is 101 cm³/mol. The van der Waals surface area contributed by atoms with E-state index in [9.17, 15) is 0 Å². The van der Waals surface area contributed by atoms with Crippen LogP contribution in [-0.4, -0.2) is 31.4 Å². The van der Waals surface area contributed by atoms with E-state index in [4.69, 9.17) is 0 Å². The summed E-state index contributed by atoms with van der Waals surface area (Å²) in [6.07, 6.45) is 7.63. The number of hydrogen-bond acceptors (Lipinski definition) is 6. The molecule has 26 heavy (non-hydrogen) atoms. The number of nitrogens with one attached hydrogen (secondary N) is 1. The van der Waals surface area contributed by atoms with Gasteiger partial charge in [0.1, 0.15) is 5.82 Å². The van der Waals surface area contributed by atoms with Gasteiger partial charge in [0, 0.05) is 36.9 Å². The molecule has 1 aliphatic rings. The second kappa shape index (κ2) is 7.58. The molecule has 0 amide bonds. The van der Waals surface area contributed by atoms with Gasteiger partial charge >= 0.3 is 0 Å². The van der Waals surface area contributed by atoms with Crippen molar-refractivity contribution in [3.05, 3.63) is 71.9 Å². The Kier molecular flexibility index (Phi) is 4.84. The summed E-state index contributed by atoms with van der Waals surface area (Å²) in [6, 6.07) is 12.6. The van der Waals surface area contributed by atoms with Gasteiger partial charge in [0.2, 0.25) is 5.95 Å². The average molecular weight is 346 g/mol. The summed E-state index contributed by atoms with van der Waals surface area (Å²) in [4.78, 5) is 20.0. The smallest absolute Gasteiger partial charge is 0.228 e. The summed E-state index contributed by atoms with van der Waals surface area (Å²) in [5.41, 5.74) is 3.46. The standard InChI is InChI=1S/C20H22N6/c1-15-5-2-6-17(24-15)14-26-12-3-7-18(26)16-8-11-21-19(13-16)25-20-22-9-4-10-23-20/h2,4-6,8-11,13,18H,3,7,12,14H2,1H3,(H,21,22,23,25)/t18-/m1/s1. The van der Waals surface area contributed by atoms with E-state index in [1.807, 2.05) is 19.2 Å². The molecular weight excluding hydrogens is 324 g/mol. The van der Waals surface area contributed by atoms with Crippen molar-refractivity contribution in [1.82, 2.24) is 24.8 Å². The third-order valence-corrected chi connectivity index (χ3v) is 4.65. The van der Waals surface area contributed by atoms with E-state index in [2.05, 4.69) is 54.4 Å². The Morgan fingerprint density at radius 2 is 1.96 bits per heavy atom. The van der Waals surface area contributed by atoms with E-state index in [-0.39, 0.29) is 0 Å². The van der Waals surface area contributed by atoms with Gasteiger partial charge in [-0.2, -0.15) is 0 Å².